The molecule has 0 radical (unpaired) electrons. The molecule has 0 aliphatic heterocycles. The Hall–Kier alpha value is -1.87. The van der Waals surface area contributed by atoms with Gasteiger partial charge >= 0.3 is 0 Å². The van der Waals surface area contributed by atoms with E-state index in [4.69, 9.17) is 4.74 Å². The average Bonchev–Trinajstić information content (AvgIpc) is 2.41. The lowest BCUT2D eigenvalue weighted by atomic mass is 10.1. The second kappa shape index (κ2) is 5.65. The smallest absolute Gasteiger partial charge is 0.222 e. The normalized spacial score (nSPS) is 12.2. The summed E-state index contributed by atoms with van der Waals surface area (Å²) >= 11 is 0. The number of aliphatic hydroxyl groups is 1. The second-order valence-corrected chi connectivity index (χ2v) is 4.23. The summed E-state index contributed by atoms with van der Waals surface area (Å²) in [4.78, 5) is 4.26. The van der Waals surface area contributed by atoms with Crippen LogP contribution in [-0.2, 0) is 0 Å². The Balaban J connectivity index is 2.20. The van der Waals surface area contributed by atoms with Crippen molar-refractivity contribution in [2.24, 2.45) is 0 Å². The van der Waals surface area contributed by atoms with E-state index in [1.54, 1.807) is 6.20 Å². The number of para-hydroxylation sites is 1. The predicted molar refractivity (Wildman–Crippen MR) is 70.7 cm³/mol. The van der Waals surface area contributed by atoms with Crippen molar-refractivity contribution < 1.29 is 9.84 Å². The summed E-state index contributed by atoms with van der Waals surface area (Å²) in [6.45, 7) is 3.87. The van der Waals surface area contributed by atoms with Gasteiger partial charge in [-0.15, -0.1) is 0 Å². The summed E-state index contributed by atoms with van der Waals surface area (Å²) < 4.78 is 5.68. The van der Waals surface area contributed by atoms with Gasteiger partial charge in [-0.25, -0.2) is 4.98 Å². The van der Waals surface area contributed by atoms with Crippen LogP contribution < -0.4 is 4.74 Å². The fraction of sp³-hybridized carbons (Fsp3) is 0.267. The number of pyridine rings is 1. The first kappa shape index (κ1) is 12.6. The molecule has 1 aromatic carbocycles. The Morgan fingerprint density at radius 2 is 2.00 bits per heavy atom. The molecule has 1 unspecified atom stereocenters. The fourth-order valence-corrected chi connectivity index (χ4v) is 1.71. The van der Waals surface area contributed by atoms with Crippen molar-refractivity contribution in [3.63, 3.8) is 0 Å². The van der Waals surface area contributed by atoms with Crippen LogP contribution >= 0.6 is 0 Å². The van der Waals surface area contributed by atoms with Crippen LogP contribution in [0.4, 0.5) is 0 Å². The number of aromatic nitrogens is 1. The molecule has 94 valence electrons. The summed E-state index contributed by atoms with van der Waals surface area (Å²) in [6.07, 6.45) is 1.89. The number of aliphatic hydroxyl groups excluding tert-OH is 1. The standard InChI is InChI=1S/C15H17NO2/c1-3-14(17)12-9-11(2)15(16-10-12)18-13-7-5-4-6-8-13/h4-10,14,17H,3H2,1-2H3. The highest BCUT2D eigenvalue weighted by Gasteiger charge is 2.09. The monoisotopic (exact) mass is 243 g/mol. The minimum Gasteiger partial charge on any atom is -0.439 e. The van der Waals surface area contributed by atoms with E-state index in [0.29, 0.717) is 12.3 Å². The minimum absolute atomic E-state index is 0.457. The Bertz CT molecular complexity index is 511. The molecule has 18 heavy (non-hydrogen) atoms. The van der Waals surface area contributed by atoms with Gasteiger partial charge in [0.25, 0.3) is 0 Å². The van der Waals surface area contributed by atoms with Gasteiger partial charge in [-0.1, -0.05) is 25.1 Å². The third kappa shape index (κ3) is 2.87. The third-order valence-corrected chi connectivity index (χ3v) is 2.78. The van der Waals surface area contributed by atoms with Gasteiger partial charge in [0.15, 0.2) is 0 Å². The molecule has 3 heteroatoms. The van der Waals surface area contributed by atoms with Crippen molar-refractivity contribution in [2.75, 3.05) is 0 Å². The maximum absolute atomic E-state index is 9.75. The van der Waals surface area contributed by atoms with Crippen LogP contribution in [0.3, 0.4) is 0 Å². The zero-order valence-corrected chi connectivity index (χ0v) is 10.6. The molecule has 2 aromatic rings. The van der Waals surface area contributed by atoms with Crippen LogP contribution in [0.25, 0.3) is 0 Å². The Kier molecular flexibility index (Phi) is 3.95. The molecule has 0 aliphatic rings. The van der Waals surface area contributed by atoms with Gasteiger partial charge in [0.05, 0.1) is 6.10 Å². The van der Waals surface area contributed by atoms with E-state index in [1.807, 2.05) is 50.2 Å². The molecule has 0 amide bonds. The zero-order chi connectivity index (χ0) is 13.0. The summed E-state index contributed by atoms with van der Waals surface area (Å²) in [6, 6.07) is 11.5. The number of hydrogen-bond donors (Lipinski definition) is 1. The largest absolute Gasteiger partial charge is 0.439 e. The van der Waals surface area contributed by atoms with Crippen LogP contribution in [0.15, 0.2) is 42.6 Å². The second-order valence-electron chi connectivity index (χ2n) is 4.23. The van der Waals surface area contributed by atoms with E-state index < -0.39 is 6.10 Å². The van der Waals surface area contributed by atoms with Crippen molar-refractivity contribution in [3.05, 3.63) is 53.7 Å². The molecule has 1 atom stereocenters. The Labute approximate surface area is 107 Å². The topological polar surface area (TPSA) is 42.4 Å². The zero-order valence-electron chi connectivity index (χ0n) is 10.6. The van der Waals surface area contributed by atoms with Crippen molar-refractivity contribution in [3.8, 4) is 11.6 Å². The van der Waals surface area contributed by atoms with Gasteiger partial charge < -0.3 is 9.84 Å². The highest BCUT2D eigenvalue weighted by molar-refractivity contribution is 5.34. The van der Waals surface area contributed by atoms with Crippen molar-refractivity contribution >= 4 is 0 Å². The molecule has 0 bridgehead atoms. The van der Waals surface area contributed by atoms with Crippen molar-refractivity contribution in [2.45, 2.75) is 26.4 Å². The minimum atomic E-state index is -0.457. The van der Waals surface area contributed by atoms with Gasteiger partial charge in [-0.3, -0.25) is 0 Å². The van der Waals surface area contributed by atoms with Crippen LogP contribution in [0.5, 0.6) is 11.6 Å². The summed E-state index contributed by atoms with van der Waals surface area (Å²) in [5.74, 6) is 1.34. The van der Waals surface area contributed by atoms with Gasteiger partial charge in [0.1, 0.15) is 5.75 Å². The molecular formula is C15H17NO2. The van der Waals surface area contributed by atoms with Crippen molar-refractivity contribution in [1.29, 1.82) is 0 Å². The molecule has 2 rings (SSSR count). The number of hydrogen-bond acceptors (Lipinski definition) is 3. The quantitative estimate of drug-likeness (QED) is 0.891. The predicted octanol–water partition coefficient (Wildman–Crippen LogP) is 3.63. The summed E-state index contributed by atoms with van der Waals surface area (Å²) in [5, 5.41) is 9.75. The van der Waals surface area contributed by atoms with Gasteiger partial charge in [0, 0.05) is 11.8 Å². The lowest BCUT2D eigenvalue weighted by Gasteiger charge is -2.11. The molecule has 1 aromatic heterocycles. The SMILES string of the molecule is CCC(O)c1cnc(Oc2ccccc2)c(C)c1. The molecule has 0 fully saturated rings. The highest BCUT2D eigenvalue weighted by Crippen LogP contribution is 2.25. The molecule has 3 nitrogen and oxygen atoms in total. The first-order valence-corrected chi connectivity index (χ1v) is 6.08. The first-order chi connectivity index (χ1) is 8.70. The lowest BCUT2D eigenvalue weighted by Crippen LogP contribution is -1.99. The van der Waals surface area contributed by atoms with Gasteiger partial charge in [-0.2, -0.15) is 0 Å². The van der Waals surface area contributed by atoms with Gasteiger partial charge in [0.2, 0.25) is 5.88 Å². The molecule has 0 saturated carbocycles. The fourth-order valence-electron chi connectivity index (χ4n) is 1.71. The Morgan fingerprint density at radius 1 is 1.28 bits per heavy atom. The summed E-state index contributed by atoms with van der Waals surface area (Å²) in [5.41, 5.74) is 1.75. The van der Waals surface area contributed by atoms with Crippen LogP contribution in [0.1, 0.15) is 30.6 Å². The Morgan fingerprint density at radius 3 is 2.61 bits per heavy atom. The first-order valence-electron chi connectivity index (χ1n) is 6.08. The molecule has 1 N–H and O–H groups in total. The number of nitrogens with zero attached hydrogens (tertiary/aromatic N) is 1. The number of ether oxygens (including phenoxy) is 1. The molecule has 0 aliphatic carbocycles. The number of aryl methyl sites for hydroxylation is 1. The molecular weight excluding hydrogens is 226 g/mol. The maximum atomic E-state index is 9.75. The maximum Gasteiger partial charge on any atom is 0.222 e. The number of benzene rings is 1. The van der Waals surface area contributed by atoms with Crippen LogP contribution in [0.2, 0.25) is 0 Å². The van der Waals surface area contributed by atoms with E-state index in [9.17, 15) is 5.11 Å². The van der Waals surface area contributed by atoms with E-state index >= 15 is 0 Å². The van der Waals surface area contributed by atoms with Gasteiger partial charge in [-0.05, 0) is 37.1 Å². The molecule has 0 saturated heterocycles. The summed E-state index contributed by atoms with van der Waals surface area (Å²) in [7, 11) is 0. The average molecular weight is 243 g/mol. The lowest BCUT2D eigenvalue weighted by molar-refractivity contribution is 0.173. The van der Waals surface area contributed by atoms with E-state index in [2.05, 4.69) is 4.98 Å². The van der Waals surface area contributed by atoms with E-state index in [1.165, 1.54) is 0 Å². The molecule has 0 spiro atoms. The molecule has 1 heterocycles. The van der Waals surface area contributed by atoms with E-state index in [0.717, 1.165) is 16.9 Å². The van der Waals surface area contributed by atoms with Crippen molar-refractivity contribution in [1.82, 2.24) is 4.98 Å². The third-order valence-electron chi connectivity index (χ3n) is 2.78. The highest BCUT2D eigenvalue weighted by atomic mass is 16.5. The van der Waals surface area contributed by atoms with Crippen LogP contribution in [0, 0.1) is 6.92 Å². The van der Waals surface area contributed by atoms with E-state index in [-0.39, 0.29) is 0 Å². The number of rotatable bonds is 4. The van der Waals surface area contributed by atoms with Crippen LogP contribution in [-0.4, -0.2) is 10.1 Å².